The molecule has 7 heteroatoms. The molecule has 2 saturated carbocycles. The lowest BCUT2D eigenvalue weighted by Gasteiger charge is -2.42. The quantitative estimate of drug-likeness (QED) is 0.638. The van der Waals surface area contributed by atoms with Crippen LogP contribution in [0.1, 0.15) is 56.2 Å². The Morgan fingerprint density at radius 1 is 1.22 bits per heavy atom. The van der Waals surface area contributed by atoms with E-state index in [1.54, 1.807) is 0 Å². The molecule has 0 aromatic carbocycles. The number of nitrogens with zero attached hydrogens (tertiary/aromatic N) is 3. The van der Waals surface area contributed by atoms with Crippen molar-refractivity contribution in [2.45, 2.75) is 56.8 Å². The molecule has 3 fully saturated rings. The number of piperidine rings is 1. The molecule has 6 N–H and O–H groups in total. The third kappa shape index (κ3) is 3.02. The number of hydrogen-bond donors (Lipinski definition) is 4. The molecule has 6 unspecified atom stereocenters. The fourth-order valence-electron chi connectivity index (χ4n) is 5.97. The Morgan fingerprint density at radius 2 is 2.11 bits per heavy atom. The number of aliphatic imine (C=N–C) groups is 1. The molecule has 2 bridgehead atoms. The Bertz CT molecular complexity index is 732. The predicted octanol–water partition coefficient (Wildman–Crippen LogP) is 1.19. The number of pyridine rings is 1. The molecule has 3 heterocycles. The highest BCUT2D eigenvalue weighted by Crippen LogP contribution is 2.48. The molecule has 2 aliphatic carbocycles. The normalized spacial score (nSPS) is 41.6. The van der Waals surface area contributed by atoms with Gasteiger partial charge in [-0.25, -0.2) is 4.99 Å². The van der Waals surface area contributed by atoms with E-state index in [0.717, 1.165) is 23.4 Å². The highest BCUT2D eigenvalue weighted by Gasteiger charge is 2.44. The van der Waals surface area contributed by atoms with Gasteiger partial charge in [-0.2, -0.15) is 5.43 Å². The summed E-state index contributed by atoms with van der Waals surface area (Å²) in [5, 5.41) is 0. The second-order valence-electron chi connectivity index (χ2n) is 9.09. The molecule has 1 aromatic rings. The summed E-state index contributed by atoms with van der Waals surface area (Å²) in [4.78, 5) is 11.8. The number of likely N-dealkylation sites (tertiary alicyclic amines) is 1. The van der Waals surface area contributed by atoms with Gasteiger partial charge in [-0.1, -0.05) is 19.4 Å². The Labute approximate surface area is 161 Å². The monoisotopic (exact) mass is 369 g/mol. The number of fused-ring (bicyclic) bond motifs is 2. The van der Waals surface area contributed by atoms with Gasteiger partial charge in [-0.3, -0.25) is 21.0 Å². The first-order valence-corrected chi connectivity index (χ1v) is 10.4. The van der Waals surface area contributed by atoms with Crippen molar-refractivity contribution in [3.63, 3.8) is 0 Å². The van der Waals surface area contributed by atoms with Crippen molar-refractivity contribution < 1.29 is 0 Å². The van der Waals surface area contributed by atoms with Gasteiger partial charge in [0, 0.05) is 36.0 Å². The molecule has 0 spiro atoms. The summed E-state index contributed by atoms with van der Waals surface area (Å²) in [6.45, 7) is 4.80. The molecule has 6 atom stereocenters. The first kappa shape index (κ1) is 17.4. The highest BCUT2D eigenvalue weighted by molar-refractivity contribution is 5.79. The van der Waals surface area contributed by atoms with Gasteiger partial charge >= 0.3 is 0 Å². The number of hydrogen-bond acceptors (Lipinski definition) is 7. The van der Waals surface area contributed by atoms with Crippen molar-refractivity contribution in [2.75, 3.05) is 13.1 Å². The van der Waals surface area contributed by atoms with Crippen LogP contribution < -0.4 is 22.3 Å². The van der Waals surface area contributed by atoms with Gasteiger partial charge in [-0.15, -0.1) is 0 Å². The third-order valence-electron chi connectivity index (χ3n) is 7.39. The van der Waals surface area contributed by atoms with Crippen LogP contribution in [-0.2, 0) is 5.79 Å². The summed E-state index contributed by atoms with van der Waals surface area (Å²) in [7, 11) is 0. The summed E-state index contributed by atoms with van der Waals surface area (Å²) in [6, 6.07) is 4.99. The van der Waals surface area contributed by atoms with E-state index in [2.05, 4.69) is 33.7 Å². The summed E-state index contributed by atoms with van der Waals surface area (Å²) in [5.41, 5.74) is 19.6. The highest BCUT2D eigenvalue weighted by atomic mass is 15.6. The van der Waals surface area contributed by atoms with E-state index in [4.69, 9.17) is 16.5 Å². The number of nitrogens with one attached hydrogen (secondary N) is 2. The van der Waals surface area contributed by atoms with Crippen LogP contribution in [0.15, 0.2) is 23.3 Å². The minimum Gasteiger partial charge on any atom is -0.369 e. The molecule has 0 radical (unpaired) electrons. The lowest BCUT2D eigenvalue weighted by Crippen LogP contribution is -2.50. The Balaban J connectivity index is 1.26. The van der Waals surface area contributed by atoms with Crippen molar-refractivity contribution in [1.29, 1.82) is 0 Å². The zero-order valence-corrected chi connectivity index (χ0v) is 16.1. The number of aromatic nitrogens is 1. The maximum Gasteiger partial charge on any atom is 0.210 e. The van der Waals surface area contributed by atoms with Crippen molar-refractivity contribution in [1.82, 2.24) is 20.7 Å². The van der Waals surface area contributed by atoms with Crippen molar-refractivity contribution in [3.8, 4) is 0 Å². The van der Waals surface area contributed by atoms with E-state index >= 15 is 0 Å². The topological polar surface area (TPSA) is 105 Å². The van der Waals surface area contributed by atoms with Gasteiger partial charge < -0.3 is 5.73 Å². The number of nitrogens with two attached hydrogens (primary N) is 2. The van der Waals surface area contributed by atoms with Crippen LogP contribution in [0, 0.1) is 17.8 Å². The summed E-state index contributed by atoms with van der Waals surface area (Å²) >= 11 is 0. The van der Waals surface area contributed by atoms with Crippen molar-refractivity contribution in [2.24, 2.45) is 34.2 Å². The molecule has 1 saturated heterocycles. The zero-order valence-electron chi connectivity index (χ0n) is 16.1. The van der Waals surface area contributed by atoms with Gasteiger partial charge in [0.1, 0.15) is 0 Å². The van der Waals surface area contributed by atoms with E-state index in [1.807, 2.05) is 12.3 Å². The molecule has 0 amide bonds. The average molecular weight is 370 g/mol. The fourth-order valence-corrected chi connectivity index (χ4v) is 5.97. The van der Waals surface area contributed by atoms with Crippen LogP contribution in [0.2, 0.25) is 0 Å². The Hall–Kier alpha value is -1.70. The van der Waals surface area contributed by atoms with Gasteiger partial charge in [-0.05, 0) is 56.0 Å². The molecular weight excluding hydrogens is 338 g/mol. The zero-order chi connectivity index (χ0) is 18.6. The predicted molar refractivity (Wildman–Crippen MR) is 105 cm³/mol. The SMILES string of the molecule is CC1CN(C2CC3CCC2C3)CCC1c1ccc(C2(N)N=C(N)NN2)cn1. The number of rotatable bonds is 3. The molecule has 27 heavy (non-hydrogen) atoms. The maximum absolute atomic E-state index is 6.26. The van der Waals surface area contributed by atoms with Crippen LogP contribution in [0.3, 0.4) is 0 Å². The van der Waals surface area contributed by atoms with E-state index < -0.39 is 5.79 Å². The van der Waals surface area contributed by atoms with Crippen LogP contribution in [0.5, 0.6) is 0 Å². The molecule has 1 aromatic heterocycles. The Morgan fingerprint density at radius 3 is 2.70 bits per heavy atom. The van der Waals surface area contributed by atoms with Crippen LogP contribution in [-0.4, -0.2) is 35.0 Å². The van der Waals surface area contributed by atoms with Crippen LogP contribution in [0.4, 0.5) is 0 Å². The third-order valence-corrected chi connectivity index (χ3v) is 7.39. The minimum atomic E-state index is -1.04. The molecule has 4 aliphatic rings. The summed E-state index contributed by atoms with van der Waals surface area (Å²) in [5.74, 6) is 2.39. The molecule has 2 aliphatic heterocycles. The first-order chi connectivity index (χ1) is 13.0. The van der Waals surface area contributed by atoms with Gasteiger partial charge in [0.05, 0.1) is 0 Å². The average Bonchev–Trinajstić information content (AvgIpc) is 3.38. The lowest BCUT2D eigenvalue weighted by atomic mass is 9.82. The van der Waals surface area contributed by atoms with Gasteiger partial charge in [0.25, 0.3) is 0 Å². The smallest absolute Gasteiger partial charge is 0.210 e. The standard InChI is InChI=1S/C20H31N7/c1-12-11-27(18-9-13-2-3-14(18)8-13)7-6-16(12)17-5-4-15(10-23-17)20(22)24-19(21)25-26-20/h4-5,10,12-14,16,18,26H,2-3,6-9,11,22H2,1H3,(H3,21,24,25). The van der Waals surface area contributed by atoms with Gasteiger partial charge in [0.15, 0.2) is 0 Å². The number of guanidine groups is 1. The summed E-state index contributed by atoms with van der Waals surface area (Å²) in [6.07, 6.45) is 8.90. The maximum atomic E-state index is 6.26. The van der Waals surface area contributed by atoms with Crippen molar-refractivity contribution in [3.05, 3.63) is 29.6 Å². The van der Waals surface area contributed by atoms with Gasteiger partial charge in [0.2, 0.25) is 11.7 Å². The lowest BCUT2D eigenvalue weighted by molar-refractivity contribution is 0.0816. The second kappa shape index (κ2) is 6.43. The summed E-state index contributed by atoms with van der Waals surface area (Å²) < 4.78 is 0. The molecule has 5 rings (SSSR count). The largest absolute Gasteiger partial charge is 0.369 e. The van der Waals surface area contributed by atoms with Crippen LogP contribution >= 0.6 is 0 Å². The van der Waals surface area contributed by atoms with E-state index in [9.17, 15) is 0 Å². The van der Waals surface area contributed by atoms with E-state index in [0.29, 0.717) is 17.8 Å². The van der Waals surface area contributed by atoms with E-state index in [1.165, 1.54) is 50.9 Å². The second-order valence-corrected chi connectivity index (χ2v) is 9.09. The molecule has 146 valence electrons. The van der Waals surface area contributed by atoms with E-state index in [-0.39, 0.29) is 0 Å². The van der Waals surface area contributed by atoms with Crippen molar-refractivity contribution >= 4 is 5.96 Å². The fraction of sp³-hybridized carbons (Fsp3) is 0.700. The Kier molecular flexibility index (Phi) is 4.14. The first-order valence-electron chi connectivity index (χ1n) is 10.4. The molecular formula is C20H31N7. The van der Waals surface area contributed by atoms with Crippen LogP contribution in [0.25, 0.3) is 0 Å². The number of hydrazine groups is 1. The molecule has 7 nitrogen and oxygen atoms in total. The minimum absolute atomic E-state index is 0.295.